The van der Waals surface area contributed by atoms with Crippen LogP contribution in [0.4, 0.5) is 13.2 Å². The Morgan fingerprint density at radius 3 is 2.10 bits per heavy atom. The first-order valence-electron chi connectivity index (χ1n) is 7.49. The van der Waals surface area contributed by atoms with E-state index in [2.05, 4.69) is 11.4 Å². The first kappa shape index (κ1) is 20.2. The maximum atomic E-state index is 12.5. The third-order valence-corrected chi connectivity index (χ3v) is 3.34. The number of halogens is 3. The largest absolute Gasteiger partial charge is 0.401 e. The summed E-state index contributed by atoms with van der Waals surface area (Å²) in [4.78, 5) is 1.43. The fraction of sp³-hybridized carbons (Fsp3) is 0.933. The Morgan fingerprint density at radius 1 is 1.14 bits per heavy atom. The molecule has 0 heterocycles. The monoisotopic (exact) mass is 307 g/mol. The van der Waals surface area contributed by atoms with Gasteiger partial charge < -0.3 is 0 Å². The molecule has 0 saturated carbocycles. The number of alkyl halides is 3. The summed E-state index contributed by atoms with van der Waals surface area (Å²) >= 11 is 0. The lowest BCUT2D eigenvalue weighted by molar-refractivity contribution is -0.149. The molecule has 1 N–H and O–H groups in total. The first-order chi connectivity index (χ1) is 9.49. The van der Waals surface area contributed by atoms with Crippen molar-refractivity contribution in [1.82, 2.24) is 10.2 Å². The molecule has 0 radical (unpaired) electrons. The third kappa shape index (κ3) is 9.70. The van der Waals surface area contributed by atoms with Crippen molar-refractivity contribution in [1.29, 1.82) is 5.26 Å². The van der Waals surface area contributed by atoms with Crippen LogP contribution in [-0.2, 0) is 0 Å². The van der Waals surface area contributed by atoms with Crippen molar-refractivity contribution in [2.24, 2.45) is 0 Å². The molecule has 0 spiro atoms. The second-order valence-corrected chi connectivity index (χ2v) is 6.38. The van der Waals surface area contributed by atoms with Crippen molar-refractivity contribution in [3.05, 3.63) is 0 Å². The highest BCUT2D eigenvalue weighted by Crippen LogP contribution is 2.19. The highest BCUT2D eigenvalue weighted by molar-refractivity contribution is 5.04. The van der Waals surface area contributed by atoms with Crippen LogP contribution in [-0.4, -0.2) is 41.8 Å². The SMILES string of the molecule is CC(C)NC(C)(C#N)CCCCN(CC(F)(F)F)C(C)C. The van der Waals surface area contributed by atoms with E-state index in [-0.39, 0.29) is 12.1 Å². The molecule has 0 bridgehead atoms. The van der Waals surface area contributed by atoms with Crippen LogP contribution in [0.5, 0.6) is 0 Å². The topological polar surface area (TPSA) is 39.1 Å². The highest BCUT2D eigenvalue weighted by atomic mass is 19.4. The molecule has 0 rings (SSSR count). The van der Waals surface area contributed by atoms with Crippen LogP contribution >= 0.6 is 0 Å². The van der Waals surface area contributed by atoms with Gasteiger partial charge in [-0.2, -0.15) is 18.4 Å². The predicted octanol–water partition coefficient (Wildman–Crippen LogP) is 3.71. The van der Waals surface area contributed by atoms with Gasteiger partial charge in [-0.3, -0.25) is 10.2 Å². The van der Waals surface area contributed by atoms with Gasteiger partial charge in [-0.05, 0) is 60.4 Å². The molecular weight excluding hydrogens is 279 g/mol. The van der Waals surface area contributed by atoms with Crippen LogP contribution in [0.15, 0.2) is 0 Å². The van der Waals surface area contributed by atoms with Gasteiger partial charge in [0.15, 0.2) is 0 Å². The maximum Gasteiger partial charge on any atom is 0.401 e. The van der Waals surface area contributed by atoms with E-state index in [9.17, 15) is 18.4 Å². The number of unbranched alkanes of at least 4 members (excludes halogenated alkanes) is 1. The number of hydrogen-bond acceptors (Lipinski definition) is 3. The fourth-order valence-corrected chi connectivity index (χ4v) is 2.34. The summed E-state index contributed by atoms with van der Waals surface area (Å²) < 4.78 is 37.4. The van der Waals surface area contributed by atoms with Crippen LogP contribution in [0.3, 0.4) is 0 Å². The average molecular weight is 307 g/mol. The fourth-order valence-electron chi connectivity index (χ4n) is 2.34. The van der Waals surface area contributed by atoms with Crippen molar-refractivity contribution < 1.29 is 13.2 Å². The Kier molecular flexibility index (Phi) is 8.27. The van der Waals surface area contributed by atoms with Gasteiger partial charge in [0, 0.05) is 12.1 Å². The number of nitrogens with zero attached hydrogens (tertiary/aromatic N) is 2. The molecule has 0 aliphatic rings. The molecule has 1 unspecified atom stereocenters. The van der Waals surface area contributed by atoms with Gasteiger partial charge in [-0.25, -0.2) is 0 Å². The van der Waals surface area contributed by atoms with E-state index >= 15 is 0 Å². The highest BCUT2D eigenvalue weighted by Gasteiger charge is 2.31. The van der Waals surface area contributed by atoms with Crippen LogP contribution in [0.25, 0.3) is 0 Å². The Morgan fingerprint density at radius 2 is 1.71 bits per heavy atom. The predicted molar refractivity (Wildman–Crippen MR) is 78.9 cm³/mol. The van der Waals surface area contributed by atoms with Crippen molar-refractivity contribution >= 4 is 0 Å². The number of nitriles is 1. The minimum Gasteiger partial charge on any atom is -0.297 e. The lowest BCUT2D eigenvalue weighted by Crippen LogP contribution is -2.45. The summed E-state index contributed by atoms with van der Waals surface area (Å²) in [5.41, 5.74) is -0.610. The van der Waals surface area contributed by atoms with Crippen molar-refractivity contribution in [3.8, 4) is 6.07 Å². The molecule has 6 heteroatoms. The minimum absolute atomic E-state index is 0.136. The van der Waals surface area contributed by atoms with E-state index < -0.39 is 18.3 Å². The van der Waals surface area contributed by atoms with Gasteiger partial charge in [0.1, 0.15) is 5.54 Å². The summed E-state index contributed by atoms with van der Waals surface area (Å²) in [5.74, 6) is 0. The van der Waals surface area contributed by atoms with E-state index in [4.69, 9.17) is 0 Å². The molecule has 0 aromatic carbocycles. The van der Waals surface area contributed by atoms with E-state index in [0.29, 0.717) is 19.4 Å². The van der Waals surface area contributed by atoms with E-state index in [1.165, 1.54) is 4.90 Å². The molecule has 124 valence electrons. The summed E-state index contributed by atoms with van der Waals surface area (Å²) in [7, 11) is 0. The molecule has 0 aromatic rings. The van der Waals surface area contributed by atoms with Crippen molar-refractivity contribution in [3.63, 3.8) is 0 Å². The van der Waals surface area contributed by atoms with Crippen LogP contribution in [0.2, 0.25) is 0 Å². The zero-order valence-corrected chi connectivity index (χ0v) is 13.7. The lowest BCUT2D eigenvalue weighted by Gasteiger charge is -2.29. The first-order valence-corrected chi connectivity index (χ1v) is 7.49. The van der Waals surface area contributed by atoms with Gasteiger partial charge in [0.05, 0.1) is 12.6 Å². The Bertz CT molecular complexity index is 334. The van der Waals surface area contributed by atoms with Crippen molar-refractivity contribution in [2.75, 3.05) is 13.1 Å². The summed E-state index contributed by atoms with van der Waals surface area (Å²) in [6.45, 7) is 8.85. The number of rotatable bonds is 9. The molecule has 21 heavy (non-hydrogen) atoms. The normalized spacial score (nSPS) is 15.5. The molecule has 0 aliphatic heterocycles. The molecule has 3 nitrogen and oxygen atoms in total. The lowest BCUT2D eigenvalue weighted by atomic mass is 9.95. The van der Waals surface area contributed by atoms with Gasteiger partial charge in [-0.15, -0.1) is 0 Å². The van der Waals surface area contributed by atoms with E-state index in [1.807, 2.05) is 20.8 Å². The minimum atomic E-state index is -4.16. The van der Waals surface area contributed by atoms with Crippen LogP contribution in [0.1, 0.15) is 53.9 Å². The van der Waals surface area contributed by atoms with Gasteiger partial charge in [0.25, 0.3) is 0 Å². The van der Waals surface area contributed by atoms with E-state index in [0.717, 1.165) is 6.42 Å². The van der Waals surface area contributed by atoms with Gasteiger partial charge >= 0.3 is 6.18 Å². The summed E-state index contributed by atoms with van der Waals surface area (Å²) in [5, 5.41) is 12.4. The molecular formula is C15H28F3N3. The van der Waals surface area contributed by atoms with Gasteiger partial charge in [-0.1, -0.05) is 0 Å². The second kappa shape index (κ2) is 8.60. The molecule has 0 aromatic heterocycles. The summed E-state index contributed by atoms with van der Waals surface area (Å²) in [6.07, 6.45) is -2.14. The zero-order chi connectivity index (χ0) is 16.7. The number of nitrogens with one attached hydrogen (secondary N) is 1. The molecule has 0 amide bonds. The Labute approximate surface area is 126 Å². The van der Waals surface area contributed by atoms with Gasteiger partial charge in [0.2, 0.25) is 0 Å². The number of hydrogen-bond donors (Lipinski definition) is 1. The Balaban J connectivity index is 4.24. The quantitative estimate of drug-likeness (QED) is 0.660. The summed E-state index contributed by atoms with van der Waals surface area (Å²) in [6, 6.07) is 2.32. The standard InChI is InChI=1S/C15H28F3N3/c1-12(2)20-14(5,10-19)8-6-7-9-21(13(3)4)11-15(16,17)18/h12-13,20H,6-9,11H2,1-5H3. The smallest absolute Gasteiger partial charge is 0.297 e. The second-order valence-electron chi connectivity index (χ2n) is 6.38. The van der Waals surface area contributed by atoms with E-state index in [1.54, 1.807) is 13.8 Å². The molecule has 0 fully saturated rings. The van der Waals surface area contributed by atoms with Crippen molar-refractivity contribution in [2.45, 2.75) is 77.7 Å². The Hall–Kier alpha value is -0.800. The van der Waals surface area contributed by atoms with Crippen LogP contribution in [0, 0.1) is 11.3 Å². The molecule has 0 aliphatic carbocycles. The average Bonchev–Trinajstić information content (AvgIpc) is 2.30. The molecule has 0 saturated heterocycles. The molecule has 1 atom stereocenters. The third-order valence-electron chi connectivity index (χ3n) is 3.34. The maximum absolute atomic E-state index is 12.5. The zero-order valence-electron chi connectivity index (χ0n) is 13.7. The van der Waals surface area contributed by atoms with Crippen LogP contribution < -0.4 is 5.32 Å².